The molecule has 2 saturated heterocycles. The number of carbonyl (C=O) groups is 4. The second-order valence-corrected chi connectivity index (χ2v) is 14.8. The van der Waals surface area contributed by atoms with E-state index in [1.807, 2.05) is 36.4 Å². The van der Waals surface area contributed by atoms with E-state index in [1.165, 1.54) is 21.1 Å². The number of hydrogen-bond donors (Lipinski definition) is 3. The van der Waals surface area contributed by atoms with Crippen LogP contribution in [0.5, 0.6) is 0 Å². The number of piperazine rings is 2. The topological polar surface area (TPSA) is 121 Å². The summed E-state index contributed by atoms with van der Waals surface area (Å²) >= 11 is 0. The van der Waals surface area contributed by atoms with Gasteiger partial charge in [-0.3, -0.25) is 29.0 Å². The highest BCUT2D eigenvalue weighted by Gasteiger charge is 2.42. The van der Waals surface area contributed by atoms with E-state index in [0.29, 0.717) is 56.0 Å². The summed E-state index contributed by atoms with van der Waals surface area (Å²) in [5.74, 6) is -0.948. The van der Waals surface area contributed by atoms with Gasteiger partial charge < -0.3 is 30.7 Å². The Labute approximate surface area is 305 Å². The highest BCUT2D eigenvalue weighted by atomic mass is 16.2. The minimum absolute atomic E-state index is 0.0597. The van der Waals surface area contributed by atoms with Gasteiger partial charge in [-0.05, 0) is 87.3 Å². The fourth-order valence-electron chi connectivity index (χ4n) is 8.85. The van der Waals surface area contributed by atoms with Crippen molar-refractivity contribution in [3.05, 3.63) is 70.3 Å². The Bertz CT molecular complexity index is 1860. The maximum Gasteiger partial charge on any atom is 0.261 e. The van der Waals surface area contributed by atoms with Crippen molar-refractivity contribution in [2.24, 2.45) is 0 Å². The number of nitrogens with zero attached hydrogens (tertiary/aromatic N) is 5. The summed E-state index contributed by atoms with van der Waals surface area (Å²) in [7, 11) is 2.13. The van der Waals surface area contributed by atoms with Crippen LogP contribution in [0.1, 0.15) is 67.4 Å². The first-order chi connectivity index (χ1) is 25.4. The van der Waals surface area contributed by atoms with Gasteiger partial charge in [-0.25, -0.2) is 0 Å². The lowest BCUT2D eigenvalue weighted by molar-refractivity contribution is -0.131. The molecule has 4 heterocycles. The van der Waals surface area contributed by atoms with Crippen molar-refractivity contribution in [1.29, 1.82) is 0 Å². The summed E-state index contributed by atoms with van der Waals surface area (Å²) in [4.78, 5) is 64.2. The van der Waals surface area contributed by atoms with Crippen LogP contribution in [0.2, 0.25) is 0 Å². The van der Waals surface area contributed by atoms with Crippen LogP contribution in [0.25, 0.3) is 10.8 Å². The van der Waals surface area contributed by atoms with Gasteiger partial charge in [0.1, 0.15) is 0 Å². The van der Waals surface area contributed by atoms with Crippen molar-refractivity contribution in [1.82, 2.24) is 30.7 Å². The molecular weight excluding hydrogens is 656 g/mol. The number of anilines is 2. The molecule has 52 heavy (non-hydrogen) atoms. The predicted molar refractivity (Wildman–Crippen MR) is 203 cm³/mol. The molecule has 0 radical (unpaired) electrons. The smallest absolute Gasteiger partial charge is 0.261 e. The van der Waals surface area contributed by atoms with Gasteiger partial charge in [0.05, 0.1) is 5.92 Å². The highest BCUT2D eigenvalue weighted by Crippen LogP contribution is 2.43. The van der Waals surface area contributed by atoms with Crippen LogP contribution in [-0.4, -0.2) is 137 Å². The molecule has 0 aromatic heterocycles. The summed E-state index contributed by atoms with van der Waals surface area (Å²) in [6, 6.07) is 13.8. The molecule has 1 unspecified atom stereocenters. The molecule has 274 valence electrons. The van der Waals surface area contributed by atoms with Gasteiger partial charge in [-0.1, -0.05) is 12.1 Å². The van der Waals surface area contributed by atoms with E-state index in [0.717, 1.165) is 100 Å². The average molecular weight is 707 g/mol. The minimum atomic E-state index is -0.240. The van der Waals surface area contributed by atoms with Gasteiger partial charge in [0.15, 0.2) is 0 Å². The molecule has 0 saturated carbocycles. The summed E-state index contributed by atoms with van der Waals surface area (Å²) in [5.41, 5.74) is 6.34. The average Bonchev–Trinajstić information content (AvgIpc) is 3.17. The molecular formula is C40H50N8O4. The van der Waals surface area contributed by atoms with E-state index >= 15 is 0 Å². The lowest BCUT2D eigenvalue weighted by atomic mass is 9.76. The molecule has 2 fully saturated rings. The van der Waals surface area contributed by atoms with Gasteiger partial charge in [-0.15, -0.1) is 0 Å². The molecule has 4 aliphatic heterocycles. The van der Waals surface area contributed by atoms with Crippen molar-refractivity contribution in [2.75, 3.05) is 108 Å². The van der Waals surface area contributed by atoms with E-state index < -0.39 is 0 Å². The Morgan fingerprint density at radius 3 is 2.08 bits per heavy atom. The largest absolute Gasteiger partial charge is 0.369 e. The van der Waals surface area contributed by atoms with Gasteiger partial charge >= 0.3 is 0 Å². The molecule has 0 spiro atoms. The van der Waals surface area contributed by atoms with Crippen LogP contribution in [0, 0.1) is 0 Å². The van der Waals surface area contributed by atoms with E-state index in [2.05, 4.69) is 43.8 Å². The normalized spacial score (nSPS) is 20.7. The van der Waals surface area contributed by atoms with E-state index in [4.69, 9.17) is 0 Å². The Hall–Kier alpha value is -4.36. The zero-order chi connectivity index (χ0) is 35.8. The molecule has 3 aromatic carbocycles. The van der Waals surface area contributed by atoms with E-state index in [9.17, 15) is 19.2 Å². The molecule has 12 heteroatoms. The second kappa shape index (κ2) is 14.9. The summed E-state index contributed by atoms with van der Waals surface area (Å²) < 4.78 is 0. The van der Waals surface area contributed by atoms with Crippen molar-refractivity contribution in [3.8, 4) is 0 Å². The van der Waals surface area contributed by atoms with Gasteiger partial charge in [0.2, 0.25) is 5.91 Å². The number of benzene rings is 3. The molecule has 5 aliphatic rings. The van der Waals surface area contributed by atoms with Crippen molar-refractivity contribution >= 4 is 45.8 Å². The van der Waals surface area contributed by atoms with Crippen LogP contribution < -0.4 is 25.8 Å². The first kappa shape index (κ1) is 34.7. The van der Waals surface area contributed by atoms with Crippen LogP contribution >= 0.6 is 0 Å². The number of carbonyl (C=O) groups excluding carboxylic acids is 4. The van der Waals surface area contributed by atoms with Gasteiger partial charge in [-0.2, -0.15) is 0 Å². The summed E-state index contributed by atoms with van der Waals surface area (Å²) in [6.07, 6.45) is 3.50. The Morgan fingerprint density at radius 2 is 1.33 bits per heavy atom. The minimum Gasteiger partial charge on any atom is -0.369 e. The molecule has 3 N–H and O–H groups in total. The SMILES string of the molecule is CN1CCN(c2ccc3c4c(cccc24)C(=O)N(CCNCCCNCCN2C(=O)c4ccc(N5CCNCC5)c5c4C(CCC5)C2=O)C3=O)CC1. The number of imide groups is 2. The maximum atomic E-state index is 13.6. The fourth-order valence-corrected chi connectivity index (χ4v) is 8.85. The Balaban J connectivity index is 0.799. The number of rotatable bonds is 12. The number of hydrogen-bond acceptors (Lipinski definition) is 10. The molecule has 3 aromatic rings. The van der Waals surface area contributed by atoms with Crippen molar-refractivity contribution < 1.29 is 19.2 Å². The molecule has 1 atom stereocenters. The van der Waals surface area contributed by atoms with Gasteiger partial charge in [0, 0.05) is 117 Å². The third kappa shape index (κ3) is 6.35. The fraction of sp³-hybridized carbons (Fsp3) is 0.500. The second-order valence-electron chi connectivity index (χ2n) is 14.8. The number of amides is 4. The third-order valence-electron chi connectivity index (χ3n) is 11.6. The first-order valence-electron chi connectivity index (χ1n) is 19.2. The first-order valence-corrected chi connectivity index (χ1v) is 19.2. The van der Waals surface area contributed by atoms with Crippen LogP contribution in [0.15, 0.2) is 42.5 Å². The monoisotopic (exact) mass is 706 g/mol. The lowest BCUT2D eigenvalue weighted by Crippen LogP contribution is -2.49. The summed E-state index contributed by atoms with van der Waals surface area (Å²) in [6.45, 7) is 10.6. The molecule has 0 bridgehead atoms. The maximum absolute atomic E-state index is 13.6. The van der Waals surface area contributed by atoms with Crippen molar-refractivity contribution in [3.63, 3.8) is 0 Å². The molecule has 12 nitrogen and oxygen atoms in total. The third-order valence-corrected chi connectivity index (χ3v) is 11.6. The predicted octanol–water partition coefficient (Wildman–Crippen LogP) is 2.27. The van der Waals surface area contributed by atoms with E-state index in [1.54, 1.807) is 0 Å². The Kier molecular flexibility index (Phi) is 9.97. The van der Waals surface area contributed by atoms with E-state index in [-0.39, 0.29) is 29.5 Å². The van der Waals surface area contributed by atoms with Crippen LogP contribution in [0.4, 0.5) is 11.4 Å². The molecule has 1 aliphatic carbocycles. The standard InChI is InChI=1S/C40H50N8O4/c1-44-23-25-46(26-24-44)34-12-10-32-36-28(34)6-3-8-30(36)38(50)48(40(32)52)22-18-42-14-4-13-41-17-21-47-37(49)29-7-2-5-27-33(45-19-15-43-16-20-45)11-9-31(35(27)29)39(47)51/h3,6,8-12,29,41-43H,2,4-5,7,13-26H2,1H3. The number of likely N-dealkylation sites (N-methyl/N-ethyl adjacent to an activating group) is 1. The van der Waals surface area contributed by atoms with Crippen LogP contribution in [0.3, 0.4) is 0 Å². The molecule has 8 rings (SSSR count). The lowest BCUT2D eigenvalue weighted by Gasteiger charge is -2.39. The zero-order valence-electron chi connectivity index (χ0n) is 30.2. The summed E-state index contributed by atoms with van der Waals surface area (Å²) in [5, 5.41) is 11.9. The highest BCUT2D eigenvalue weighted by molar-refractivity contribution is 6.26. The van der Waals surface area contributed by atoms with Crippen molar-refractivity contribution in [2.45, 2.75) is 31.6 Å². The Morgan fingerprint density at radius 1 is 0.692 bits per heavy atom. The zero-order valence-corrected chi connectivity index (χ0v) is 30.2. The van der Waals surface area contributed by atoms with Crippen LogP contribution in [-0.2, 0) is 11.2 Å². The molecule has 4 amide bonds. The quantitative estimate of drug-likeness (QED) is 0.191. The van der Waals surface area contributed by atoms with Gasteiger partial charge in [0.25, 0.3) is 17.7 Å². The number of nitrogens with one attached hydrogen (secondary N) is 3.